The van der Waals surface area contributed by atoms with Crippen molar-refractivity contribution in [3.05, 3.63) is 15.5 Å². The van der Waals surface area contributed by atoms with Crippen LogP contribution in [0.5, 0.6) is 5.88 Å². The van der Waals surface area contributed by atoms with Gasteiger partial charge >= 0.3 is 0 Å². The Morgan fingerprint density at radius 1 is 1.42 bits per heavy atom. The topological polar surface area (TPSA) is 80.3 Å². The highest BCUT2D eigenvalue weighted by Crippen LogP contribution is 2.42. The number of anilines is 1. The Morgan fingerprint density at radius 3 is 2.71 bits per heavy atom. The summed E-state index contributed by atoms with van der Waals surface area (Å²) in [4.78, 5) is 29.9. The number of rotatable bonds is 5. The van der Waals surface area contributed by atoms with Gasteiger partial charge in [-0.2, -0.15) is 0 Å². The van der Waals surface area contributed by atoms with Crippen LogP contribution in [-0.2, 0) is 4.79 Å². The van der Waals surface area contributed by atoms with E-state index >= 15 is 0 Å². The number of hydrogen-bond donors (Lipinski definition) is 2. The minimum absolute atomic E-state index is 0.165. The Labute approximate surface area is 148 Å². The smallest absolute Gasteiger partial charge is 0.263 e. The van der Waals surface area contributed by atoms with E-state index in [1.54, 1.807) is 6.92 Å². The van der Waals surface area contributed by atoms with E-state index in [2.05, 4.69) is 15.6 Å². The Hall–Kier alpha value is -1.86. The lowest BCUT2D eigenvalue weighted by molar-refractivity contribution is -0.115. The van der Waals surface area contributed by atoms with Crippen molar-refractivity contribution in [2.24, 2.45) is 0 Å². The molecule has 2 heterocycles. The normalized spacial score (nSPS) is 13.8. The SMILES string of the molecule is CCC(=O)Nc1c(C(=O)NC2CC2)sc2nc(OC)c(Cl)c(C)c12. The van der Waals surface area contributed by atoms with Gasteiger partial charge in [0.15, 0.2) is 0 Å². The van der Waals surface area contributed by atoms with E-state index < -0.39 is 0 Å². The van der Waals surface area contributed by atoms with Crippen molar-refractivity contribution in [3.8, 4) is 5.88 Å². The molecule has 0 aromatic carbocycles. The molecular weight excluding hydrogens is 350 g/mol. The number of amides is 2. The lowest BCUT2D eigenvalue weighted by Gasteiger charge is -2.10. The van der Waals surface area contributed by atoms with Gasteiger partial charge in [0.2, 0.25) is 11.8 Å². The molecule has 2 aromatic rings. The molecule has 2 N–H and O–H groups in total. The molecule has 0 unspecified atom stereocenters. The first-order chi connectivity index (χ1) is 11.5. The van der Waals surface area contributed by atoms with Crippen LogP contribution in [-0.4, -0.2) is 29.9 Å². The number of carbonyl (C=O) groups is 2. The van der Waals surface area contributed by atoms with Gasteiger partial charge in [-0.05, 0) is 25.3 Å². The van der Waals surface area contributed by atoms with Gasteiger partial charge in [-0.3, -0.25) is 9.59 Å². The number of aryl methyl sites for hydroxylation is 1. The quantitative estimate of drug-likeness (QED) is 0.847. The zero-order valence-electron chi connectivity index (χ0n) is 13.7. The van der Waals surface area contributed by atoms with Crippen LogP contribution < -0.4 is 15.4 Å². The zero-order chi connectivity index (χ0) is 17.4. The molecule has 0 radical (unpaired) electrons. The second-order valence-electron chi connectivity index (χ2n) is 5.70. The molecule has 1 aliphatic rings. The molecule has 2 aromatic heterocycles. The summed E-state index contributed by atoms with van der Waals surface area (Å²) in [6.07, 6.45) is 2.30. The minimum atomic E-state index is -0.193. The number of pyridine rings is 1. The predicted octanol–water partition coefficient (Wildman–Crippen LogP) is 3.51. The van der Waals surface area contributed by atoms with Crippen LogP contribution in [0.3, 0.4) is 0 Å². The Kier molecular flexibility index (Phi) is 4.64. The first-order valence-electron chi connectivity index (χ1n) is 7.73. The number of ether oxygens (including phenoxy) is 1. The third-order valence-corrected chi connectivity index (χ3v) is 5.41. The number of aromatic nitrogens is 1. The molecule has 0 saturated heterocycles. The van der Waals surface area contributed by atoms with Gasteiger partial charge in [-0.25, -0.2) is 4.98 Å². The minimum Gasteiger partial charge on any atom is -0.480 e. The fraction of sp³-hybridized carbons (Fsp3) is 0.438. The number of halogens is 1. The standard InChI is InChI=1S/C16H18ClN3O3S/c1-4-9(21)19-12-10-7(2)11(17)15(23-3)20-16(10)24-13(12)14(22)18-8-5-6-8/h8H,4-6H2,1-3H3,(H,18,22)(H,19,21). The van der Waals surface area contributed by atoms with Crippen molar-refractivity contribution >= 4 is 50.7 Å². The van der Waals surface area contributed by atoms with Gasteiger partial charge < -0.3 is 15.4 Å². The van der Waals surface area contributed by atoms with Crippen LogP contribution in [0.15, 0.2) is 0 Å². The van der Waals surface area contributed by atoms with Gasteiger partial charge in [0.1, 0.15) is 14.7 Å². The second kappa shape index (κ2) is 6.57. The summed E-state index contributed by atoms with van der Waals surface area (Å²) in [5, 5.41) is 6.86. The van der Waals surface area contributed by atoms with Crippen molar-refractivity contribution in [3.63, 3.8) is 0 Å². The zero-order valence-corrected chi connectivity index (χ0v) is 15.2. The molecule has 8 heteroatoms. The molecule has 0 spiro atoms. The summed E-state index contributed by atoms with van der Waals surface area (Å²) in [6, 6.07) is 0.226. The molecular formula is C16H18ClN3O3S. The number of carbonyl (C=O) groups excluding carboxylic acids is 2. The van der Waals surface area contributed by atoms with Crippen LogP contribution in [0, 0.1) is 6.92 Å². The molecule has 0 aliphatic heterocycles. The van der Waals surface area contributed by atoms with E-state index in [1.165, 1.54) is 18.4 Å². The molecule has 6 nitrogen and oxygen atoms in total. The summed E-state index contributed by atoms with van der Waals surface area (Å²) in [7, 11) is 1.49. The first-order valence-corrected chi connectivity index (χ1v) is 8.93. The molecule has 0 bridgehead atoms. The lowest BCUT2D eigenvalue weighted by atomic mass is 10.1. The van der Waals surface area contributed by atoms with Crippen molar-refractivity contribution in [1.29, 1.82) is 0 Å². The van der Waals surface area contributed by atoms with Crippen LogP contribution in [0.25, 0.3) is 10.2 Å². The number of nitrogens with one attached hydrogen (secondary N) is 2. The fourth-order valence-electron chi connectivity index (χ4n) is 2.38. The highest BCUT2D eigenvalue weighted by Gasteiger charge is 2.29. The van der Waals surface area contributed by atoms with E-state index in [0.717, 1.165) is 18.4 Å². The van der Waals surface area contributed by atoms with E-state index in [4.69, 9.17) is 16.3 Å². The average molecular weight is 368 g/mol. The van der Waals surface area contributed by atoms with E-state index in [1.807, 2.05) is 6.92 Å². The van der Waals surface area contributed by atoms with Crippen molar-refractivity contribution < 1.29 is 14.3 Å². The second-order valence-corrected chi connectivity index (χ2v) is 7.07. The average Bonchev–Trinajstić information content (AvgIpc) is 3.30. The van der Waals surface area contributed by atoms with Crippen LogP contribution in [0.2, 0.25) is 5.02 Å². The van der Waals surface area contributed by atoms with Gasteiger partial charge in [-0.1, -0.05) is 18.5 Å². The van der Waals surface area contributed by atoms with Crippen molar-refractivity contribution in [2.45, 2.75) is 39.2 Å². The molecule has 0 atom stereocenters. The summed E-state index contributed by atoms with van der Waals surface area (Å²) < 4.78 is 5.20. The van der Waals surface area contributed by atoms with Crippen molar-refractivity contribution in [1.82, 2.24) is 10.3 Å². The Morgan fingerprint density at radius 2 is 2.12 bits per heavy atom. The monoisotopic (exact) mass is 367 g/mol. The maximum atomic E-state index is 12.6. The first kappa shape index (κ1) is 17.0. The van der Waals surface area contributed by atoms with E-state index in [9.17, 15) is 9.59 Å². The van der Waals surface area contributed by atoms with Gasteiger partial charge in [0, 0.05) is 17.8 Å². The number of nitrogens with zero attached hydrogens (tertiary/aromatic N) is 1. The van der Waals surface area contributed by atoms with E-state index in [-0.39, 0.29) is 17.9 Å². The maximum absolute atomic E-state index is 12.6. The maximum Gasteiger partial charge on any atom is 0.263 e. The molecule has 3 rings (SSSR count). The highest BCUT2D eigenvalue weighted by molar-refractivity contribution is 7.21. The van der Waals surface area contributed by atoms with Crippen molar-refractivity contribution in [2.75, 3.05) is 12.4 Å². The third kappa shape index (κ3) is 3.06. The molecule has 2 amide bonds. The van der Waals surface area contributed by atoms with Crippen LogP contribution in [0.1, 0.15) is 41.4 Å². The summed E-state index contributed by atoms with van der Waals surface area (Å²) in [5.41, 5.74) is 1.21. The third-order valence-electron chi connectivity index (χ3n) is 3.88. The number of methoxy groups -OCH3 is 1. The van der Waals surface area contributed by atoms with Crippen LogP contribution in [0.4, 0.5) is 5.69 Å². The highest BCUT2D eigenvalue weighted by atomic mass is 35.5. The molecule has 1 aliphatic carbocycles. The largest absolute Gasteiger partial charge is 0.480 e. The van der Waals surface area contributed by atoms with Gasteiger partial charge in [-0.15, -0.1) is 11.3 Å². The summed E-state index contributed by atoms with van der Waals surface area (Å²) in [5.74, 6) is -0.0478. The van der Waals surface area contributed by atoms with Crippen LogP contribution >= 0.6 is 22.9 Å². The van der Waals surface area contributed by atoms with E-state index in [0.29, 0.717) is 38.1 Å². The molecule has 128 valence electrons. The predicted molar refractivity (Wildman–Crippen MR) is 95.3 cm³/mol. The molecule has 1 saturated carbocycles. The summed E-state index contributed by atoms with van der Waals surface area (Å²) >= 11 is 7.53. The molecule has 24 heavy (non-hydrogen) atoms. The van der Waals surface area contributed by atoms with Gasteiger partial charge in [0.25, 0.3) is 5.91 Å². The number of hydrogen-bond acceptors (Lipinski definition) is 5. The number of thiophene rings is 1. The lowest BCUT2D eigenvalue weighted by Crippen LogP contribution is -2.25. The Bertz CT molecular complexity index is 830. The molecule has 1 fully saturated rings. The summed E-state index contributed by atoms with van der Waals surface area (Å²) in [6.45, 7) is 3.58. The Balaban J connectivity index is 2.17. The fourth-order valence-corrected chi connectivity index (χ4v) is 3.68. The number of fused-ring (bicyclic) bond motifs is 1. The van der Waals surface area contributed by atoms with Gasteiger partial charge in [0.05, 0.1) is 12.8 Å².